The van der Waals surface area contributed by atoms with Crippen molar-refractivity contribution in [2.45, 2.75) is 25.4 Å². The number of carbonyl (C=O) groups is 2. The van der Waals surface area contributed by atoms with Gasteiger partial charge in [0.15, 0.2) is 6.61 Å². The Kier molecular flexibility index (Phi) is 5.52. The number of nitrogens with one attached hydrogen (secondary N) is 1. The Labute approximate surface area is 173 Å². The molecule has 0 unspecified atom stereocenters. The smallest absolute Gasteiger partial charge is 0.336 e. The summed E-state index contributed by atoms with van der Waals surface area (Å²) in [5.74, 6) is 0.217. The number of hydrogen-bond donors (Lipinski definition) is 1. The maximum Gasteiger partial charge on any atom is 0.336 e. The number of fused-ring (bicyclic) bond motifs is 1. The molecule has 0 bridgehead atoms. The average molecular weight is 406 g/mol. The van der Waals surface area contributed by atoms with Crippen LogP contribution in [0.3, 0.4) is 0 Å². The minimum Gasteiger partial charge on any atom is -0.484 e. The van der Waals surface area contributed by atoms with E-state index in [2.05, 4.69) is 5.32 Å². The molecule has 0 aliphatic heterocycles. The molecule has 0 spiro atoms. The number of benzene rings is 2. The normalized spacial score (nSPS) is 13.1. The Morgan fingerprint density at radius 1 is 1.10 bits per heavy atom. The molecular formula is C23H22N2O5. The Bertz CT molecular complexity index is 1130. The predicted octanol–water partition coefficient (Wildman–Crippen LogP) is 2.72. The SMILES string of the molecule is CNC(=O)c1ccc(CN(C(=O)COc2ccc3ccc(=O)oc3c2)C2CC2)cc1. The van der Waals surface area contributed by atoms with E-state index in [-0.39, 0.29) is 24.5 Å². The molecule has 1 aromatic heterocycles. The van der Waals surface area contributed by atoms with Crippen molar-refractivity contribution in [2.24, 2.45) is 0 Å². The first-order valence-electron chi connectivity index (χ1n) is 9.81. The fourth-order valence-electron chi connectivity index (χ4n) is 3.27. The van der Waals surface area contributed by atoms with Crippen molar-refractivity contribution in [2.75, 3.05) is 13.7 Å². The van der Waals surface area contributed by atoms with E-state index in [1.807, 2.05) is 17.0 Å². The molecule has 3 aromatic rings. The number of amides is 2. The highest BCUT2D eigenvalue weighted by Gasteiger charge is 2.32. The van der Waals surface area contributed by atoms with Gasteiger partial charge in [0.05, 0.1) is 0 Å². The molecule has 0 saturated heterocycles. The van der Waals surface area contributed by atoms with Gasteiger partial charge in [0.2, 0.25) is 0 Å². The molecule has 1 saturated carbocycles. The van der Waals surface area contributed by atoms with E-state index in [0.29, 0.717) is 23.4 Å². The van der Waals surface area contributed by atoms with Gasteiger partial charge in [-0.25, -0.2) is 4.79 Å². The molecule has 1 aliphatic rings. The zero-order chi connectivity index (χ0) is 21.1. The summed E-state index contributed by atoms with van der Waals surface area (Å²) in [6.45, 7) is 0.364. The second-order valence-electron chi connectivity index (χ2n) is 7.27. The molecule has 1 fully saturated rings. The largest absolute Gasteiger partial charge is 0.484 e. The van der Waals surface area contributed by atoms with Gasteiger partial charge in [-0.05, 0) is 48.7 Å². The van der Waals surface area contributed by atoms with Crippen LogP contribution in [0.25, 0.3) is 11.0 Å². The summed E-state index contributed by atoms with van der Waals surface area (Å²) in [4.78, 5) is 37.7. The molecule has 30 heavy (non-hydrogen) atoms. The van der Waals surface area contributed by atoms with Crippen LogP contribution in [-0.4, -0.2) is 36.4 Å². The highest BCUT2D eigenvalue weighted by Crippen LogP contribution is 2.29. The van der Waals surface area contributed by atoms with E-state index < -0.39 is 5.63 Å². The first kappa shape index (κ1) is 19.7. The number of nitrogens with zero attached hydrogens (tertiary/aromatic N) is 1. The number of carbonyl (C=O) groups excluding carboxylic acids is 2. The lowest BCUT2D eigenvalue weighted by molar-refractivity contribution is -0.134. The highest BCUT2D eigenvalue weighted by molar-refractivity contribution is 5.94. The molecule has 154 valence electrons. The number of rotatable bonds is 7. The van der Waals surface area contributed by atoms with E-state index in [0.717, 1.165) is 23.8 Å². The van der Waals surface area contributed by atoms with Crippen LogP contribution in [0.1, 0.15) is 28.8 Å². The van der Waals surface area contributed by atoms with Crippen molar-refractivity contribution in [1.82, 2.24) is 10.2 Å². The third-order valence-corrected chi connectivity index (χ3v) is 5.06. The minimum atomic E-state index is -0.432. The topological polar surface area (TPSA) is 88.9 Å². The van der Waals surface area contributed by atoms with E-state index in [1.54, 1.807) is 43.4 Å². The van der Waals surface area contributed by atoms with Crippen LogP contribution in [0, 0.1) is 0 Å². The molecule has 1 N–H and O–H groups in total. The van der Waals surface area contributed by atoms with Crippen LogP contribution >= 0.6 is 0 Å². The van der Waals surface area contributed by atoms with Gasteiger partial charge in [0.1, 0.15) is 11.3 Å². The van der Waals surface area contributed by atoms with Crippen molar-refractivity contribution in [1.29, 1.82) is 0 Å². The maximum atomic E-state index is 12.8. The van der Waals surface area contributed by atoms with Gasteiger partial charge in [-0.15, -0.1) is 0 Å². The molecule has 2 aromatic carbocycles. The minimum absolute atomic E-state index is 0.102. The summed E-state index contributed by atoms with van der Waals surface area (Å²) in [5, 5.41) is 3.38. The highest BCUT2D eigenvalue weighted by atomic mass is 16.5. The first-order chi connectivity index (χ1) is 14.5. The van der Waals surface area contributed by atoms with Crippen LogP contribution in [0.5, 0.6) is 5.75 Å². The quantitative estimate of drug-likeness (QED) is 0.610. The second-order valence-corrected chi connectivity index (χ2v) is 7.27. The van der Waals surface area contributed by atoms with Crippen LogP contribution in [0.4, 0.5) is 0 Å². The van der Waals surface area contributed by atoms with Gasteiger partial charge in [-0.2, -0.15) is 0 Å². The van der Waals surface area contributed by atoms with Crippen molar-refractivity contribution in [3.8, 4) is 5.75 Å². The van der Waals surface area contributed by atoms with Gasteiger partial charge in [-0.3, -0.25) is 9.59 Å². The Hall–Kier alpha value is -3.61. The van der Waals surface area contributed by atoms with Gasteiger partial charge < -0.3 is 19.4 Å². The van der Waals surface area contributed by atoms with Crippen molar-refractivity contribution in [3.05, 3.63) is 76.1 Å². The standard InChI is InChI=1S/C23H22N2O5/c1-24-23(28)17-4-2-15(3-5-17)13-25(18-8-9-18)21(26)14-29-19-10-6-16-7-11-22(27)30-20(16)12-19/h2-7,10-12,18H,8-9,13-14H2,1H3,(H,24,28). The fraction of sp³-hybridized carbons (Fsp3) is 0.261. The lowest BCUT2D eigenvalue weighted by Crippen LogP contribution is -2.36. The zero-order valence-corrected chi connectivity index (χ0v) is 16.6. The Balaban J connectivity index is 1.41. The van der Waals surface area contributed by atoms with Crippen molar-refractivity contribution < 1.29 is 18.7 Å². The molecule has 1 aliphatic carbocycles. The zero-order valence-electron chi connectivity index (χ0n) is 16.6. The monoisotopic (exact) mass is 406 g/mol. The fourth-order valence-corrected chi connectivity index (χ4v) is 3.27. The number of hydrogen-bond acceptors (Lipinski definition) is 5. The third-order valence-electron chi connectivity index (χ3n) is 5.06. The lowest BCUT2D eigenvalue weighted by atomic mass is 10.1. The molecule has 2 amide bonds. The van der Waals surface area contributed by atoms with E-state index >= 15 is 0 Å². The van der Waals surface area contributed by atoms with Crippen LogP contribution < -0.4 is 15.7 Å². The Morgan fingerprint density at radius 3 is 2.53 bits per heavy atom. The molecule has 7 nitrogen and oxygen atoms in total. The van der Waals surface area contributed by atoms with Crippen LogP contribution in [0.2, 0.25) is 0 Å². The van der Waals surface area contributed by atoms with Crippen LogP contribution in [-0.2, 0) is 11.3 Å². The Morgan fingerprint density at radius 2 is 1.83 bits per heavy atom. The van der Waals surface area contributed by atoms with Crippen molar-refractivity contribution >= 4 is 22.8 Å². The third kappa shape index (κ3) is 4.51. The maximum absolute atomic E-state index is 12.8. The molecule has 0 radical (unpaired) electrons. The van der Waals surface area contributed by atoms with Gasteiger partial charge >= 0.3 is 5.63 Å². The molecule has 1 heterocycles. The van der Waals surface area contributed by atoms with Crippen molar-refractivity contribution in [3.63, 3.8) is 0 Å². The first-order valence-corrected chi connectivity index (χ1v) is 9.81. The summed E-state index contributed by atoms with van der Waals surface area (Å²) < 4.78 is 10.8. The summed E-state index contributed by atoms with van der Waals surface area (Å²) in [6, 6.07) is 15.6. The van der Waals surface area contributed by atoms with Gasteiger partial charge in [0, 0.05) is 42.7 Å². The lowest BCUT2D eigenvalue weighted by Gasteiger charge is -2.23. The van der Waals surface area contributed by atoms with E-state index in [4.69, 9.17) is 9.15 Å². The van der Waals surface area contributed by atoms with Gasteiger partial charge in [0.25, 0.3) is 11.8 Å². The van der Waals surface area contributed by atoms with Gasteiger partial charge in [-0.1, -0.05) is 12.1 Å². The summed E-state index contributed by atoms with van der Waals surface area (Å²) in [6.07, 6.45) is 1.95. The molecule has 7 heteroatoms. The van der Waals surface area contributed by atoms with E-state index in [9.17, 15) is 14.4 Å². The molecular weight excluding hydrogens is 384 g/mol. The summed E-state index contributed by atoms with van der Waals surface area (Å²) >= 11 is 0. The molecule has 4 rings (SSSR count). The predicted molar refractivity (Wildman–Crippen MR) is 111 cm³/mol. The molecule has 0 atom stereocenters. The summed E-state index contributed by atoms with van der Waals surface area (Å²) in [5.41, 5.74) is 1.52. The summed E-state index contributed by atoms with van der Waals surface area (Å²) in [7, 11) is 1.59. The van der Waals surface area contributed by atoms with Crippen LogP contribution in [0.15, 0.2) is 63.8 Å². The number of ether oxygens (including phenoxy) is 1. The average Bonchev–Trinajstić information content (AvgIpc) is 3.60. The second kappa shape index (κ2) is 8.41. The van der Waals surface area contributed by atoms with E-state index in [1.165, 1.54) is 6.07 Å².